The number of rotatable bonds is 2. The lowest BCUT2D eigenvalue weighted by atomic mass is 9.82. The van der Waals surface area contributed by atoms with Crippen LogP contribution < -0.4 is 4.74 Å². The molecular formula is C20H20O2. The maximum Gasteiger partial charge on any atom is 0.130 e. The number of hydrogen-bond donors (Lipinski definition) is 0. The van der Waals surface area contributed by atoms with Crippen LogP contribution in [0.1, 0.15) is 30.6 Å². The molecule has 1 fully saturated rings. The van der Waals surface area contributed by atoms with E-state index in [2.05, 4.69) is 61.5 Å². The van der Waals surface area contributed by atoms with Gasteiger partial charge in [-0.25, -0.2) is 0 Å². The predicted molar refractivity (Wildman–Crippen MR) is 87.8 cm³/mol. The molecule has 2 nitrogen and oxygen atoms in total. The molecule has 2 heterocycles. The fourth-order valence-electron chi connectivity index (χ4n) is 3.70. The van der Waals surface area contributed by atoms with Crippen molar-refractivity contribution in [2.75, 3.05) is 6.61 Å². The smallest absolute Gasteiger partial charge is 0.130 e. The van der Waals surface area contributed by atoms with Gasteiger partial charge in [-0.1, -0.05) is 54.6 Å². The molecule has 0 unspecified atom stereocenters. The highest BCUT2D eigenvalue weighted by Gasteiger charge is 2.43. The Balaban J connectivity index is 1.76. The van der Waals surface area contributed by atoms with Crippen molar-refractivity contribution in [3.05, 3.63) is 71.8 Å². The first-order valence-corrected chi connectivity index (χ1v) is 7.97. The molecule has 3 atom stereocenters. The third-order valence-electron chi connectivity index (χ3n) is 4.73. The van der Waals surface area contributed by atoms with Crippen LogP contribution in [0.25, 0.3) is 5.57 Å². The van der Waals surface area contributed by atoms with E-state index in [4.69, 9.17) is 9.47 Å². The second-order valence-electron chi connectivity index (χ2n) is 5.93. The first kappa shape index (κ1) is 13.6. The normalized spacial score (nSPS) is 27.0. The highest BCUT2D eigenvalue weighted by Crippen LogP contribution is 2.48. The van der Waals surface area contributed by atoms with Gasteiger partial charge in [0.15, 0.2) is 0 Å². The van der Waals surface area contributed by atoms with Gasteiger partial charge >= 0.3 is 0 Å². The van der Waals surface area contributed by atoms with E-state index in [9.17, 15) is 0 Å². The van der Waals surface area contributed by atoms with E-state index in [0.717, 1.165) is 18.8 Å². The van der Waals surface area contributed by atoms with Crippen LogP contribution in [0.4, 0.5) is 0 Å². The lowest BCUT2D eigenvalue weighted by Gasteiger charge is -2.36. The van der Waals surface area contributed by atoms with Crippen molar-refractivity contribution in [1.29, 1.82) is 0 Å². The standard InChI is InChI=1S/C20H20O2/c1-2-15(14-8-4-3-5-9-14)20-17-12-13-21-19(17)16-10-6-7-11-18(16)22-20/h2-11,17,19-20H,12-13H2,1H3/b15-2+/t17-,19+,20+/m0/s1. The maximum absolute atomic E-state index is 6.41. The van der Waals surface area contributed by atoms with Gasteiger partial charge in [0, 0.05) is 18.1 Å². The van der Waals surface area contributed by atoms with E-state index in [1.165, 1.54) is 16.7 Å². The van der Waals surface area contributed by atoms with Gasteiger partial charge in [0.1, 0.15) is 11.9 Å². The van der Waals surface area contributed by atoms with E-state index in [1.807, 2.05) is 6.07 Å². The van der Waals surface area contributed by atoms with E-state index in [1.54, 1.807) is 0 Å². The summed E-state index contributed by atoms with van der Waals surface area (Å²) in [4.78, 5) is 0. The van der Waals surface area contributed by atoms with Crippen LogP contribution in [0.2, 0.25) is 0 Å². The first-order chi connectivity index (χ1) is 10.9. The average Bonchev–Trinajstić information content (AvgIpc) is 3.07. The summed E-state index contributed by atoms with van der Waals surface area (Å²) in [6, 6.07) is 18.8. The first-order valence-electron chi connectivity index (χ1n) is 7.97. The quantitative estimate of drug-likeness (QED) is 0.803. The number of ether oxygens (including phenoxy) is 2. The Morgan fingerprint density at radius 3 is 2.64 bits per heavy atom. The molecule has 2 aromatic rings. The molecule has 1 saturated heterocycles. The summed E-state index contributed by atoms with van der Waals surface area (Å²) < 4.78 is 12.4. The van der Waals surface area contributed by atoms with Crippen molar-refractivity contribution in [2.24, 2.45) is 5.92 Å². The van der Waals surface area contributed by atoms with Gasteiger partial charge in [-0.3, -0.25) is 0 Å². The van der Waals surface area contributed by atoms with Gasteiger partial charge in [-0.2, -0.15) is 0 Å². The van der Waals surface area contributed by atoms with Crippen molar-refractivity contribution >= 4 is 5.57 Å². The summed E-state index contributed by atoms with van der Waals surface area (Å²) in [6.07, 6.45) is 3.46. The Labute approximate surface area is 131 Å². The SMILES string of the molecule is C/C=C(\c1ccccc1)[C@H]1Oc2ccccc2[C@H]2OCC[C@H]12. The van der Waals surface area contributed by atoms with Gasteiger partial charge in [0.2, 0.25) is 0 Å². The van der Waals surface area contributed by atoms with Gasteiger partial charge < -0.3 is 9.47 Å². The summed E-state index contributed by atoms with van der Waals surface area (Å²) in [7, 11) is 0. The summed E-state index contributed by atoms with van der Waals surface area (Å²) >= 11 is 0. The Kier molecular flexibility index (Phi) is 3.47. The molecule has 0 saturated carbocycles. The van der Waals surface area contributed by atoms with Crippen LogP contribution in [-0.4, -0.2) is 12.7 Å². The summed E-state index contributed by atoms with van der Waals surface area (Å²) in [5, 5.41) is 0. The molecule has 0 radical (unpaired) electrons. The molecule has 2 aliphatic rings. The van der Waals surface area contributed by atoms with Crippen molar-refractivity contribution in [3.63, 3.8) is 0 Å². The molecule has 0 aliphatic carbocycles. The monoisotopic (exact) mass is 292 g/mol. The van der Waals surface area contributed by atoms with Gasteiger partial charge in [0.25, 0.3) is 0 Å². The van der Waals surface area contributed by atoms with Gasteiger partial charge in [0.05, 0.1) is 6.10 Å². The molecule has 0 amide bonds. The molecule has 0 aromatic heterocycles. The second-order valence-corrected chi connectivity index (χ2v) is 5.93. The lowest BCUT2D eigenvalue weighted by Crippen LogP contribution is -2.34. The molecule has 112 valence electrons. The van der Waals surface area contributed by atoms with Crippen LogP contribution in [0.5, 0.6) is 5.75 Å². The van der Waals surface area contributed by atoms with Gasteiger partial charge in [-0.05, 0) is 30.5 Å². The summed E-state index contributed by atoms with van der Waals surface area (Å²) in [5.41, 5.74) is 3.69. The van der Waals surface area contributed by atoms with Crippen molar-refractivity contribution in [3.8, 4) is 5.75 Å². The number of benzene rings is 2. The number of hydrogen-bond acceptors (Lipinski definition) is 2. The highest BCUT2D eigenvalue weighted by molar-refractivity contribution is 5.70. The predicted octanol–water partition coefficient (Wildman–Crippen LogP) is 4.63. The highest BCUT2D eigenvalue weighted by atomic mass is 16.5. The largest absolute Gasteiger partial charge is 0.485 e. The Hall–Kier alpha value is -2.06. The number of para-hydroxylation sites is 1. The maximum atomic E-state index is 6.41. The second kappa shape index (κ2) is 5.62. The molecule has 2 aliphatic heterocycles. The summed E-state index contributed by atoms with van der Waals surface area (Å²) in [5.74, 6) is 1.35. The number of allylic oxidation sites excluding steroid dienone is 1. The molecule has 2 heteroatoms. The molecule has 4 rings (SSSR count). The minimum atomic E-state index is 0.0646. The minimum absolute atomic E-state index is 0.0646. The fraction of sp³-hybridized carbons (Fsp3) is 0.300. The Bertz CT molecular complexity index is 690. The van der Waals surface area contributed by atoms with E-state index >= 15 is 0 Å². The lowest BCUT2D eigenvalue weighted by molar-refractivity contribution is 0.0394. The van der Waals surface area contributed by atoms with Crippen LogP contribution in [0.15, 0.2) is 60.7 Å². The zero-order valence-electron chi connectivity index (χ0n) is 12.7. The third kappa shape index (κ3) is 2.15. The van der Waals surface area contributed by atoms with E-state index in [0.29, 0.717) is 5.92 Å². The average molecular weight is 292 g/mol. The number of fused-ring (bicyclic) bond motifs is 3. The summed E-state index contributed by atoms with van der Waals surface area (Å²) in [6.45, 7) is 2.91. The Morgan fingerprint density at radius 1 is 1.05 bits per heavy atom. The zero-order chi connectivity index (χ0) is 14.9. The van der Waals surface area contributed by atoms with E-state index in [-0.39, 0.29) is 12.2 Å². The topological polar surface area (TPSA) is 18.5 Å². The Morgan fingerprint density at radius 2 is 1.82 bits per heavy atom. The van der Waals surface area contributed by atoms with Crippen LogP contribution in [-0.2, 0) is 4.74 Å². The molecule has 22 heavy (non-hydrogen) atoms. The van der Waals surface area contributed by atoms with Crippen LogP contribution >= 0.6 is 0 Å². The minimum Gasteiger partial charge on any atom is -0.485 e. The molecule has 2 aromatic carbocycles. The zero-order valence-corrected chi connectivity index (χ0v) is 12.7. The van der Waals surface area contributed by atoms with Crippen molar-refractivity contribution < 1.29 is 9.47 Å². The van der Waals surface area contributed by atoms with Crippen LogP contribution in [0.3, 0.4) is 0 Å². The van der Waals surface area contributed by atoms with Gasteiger partial charge in [-0.15, -0.1) is 0 Å². The van der Waals surface area contributed by atoms with Crippen LogP contribution in [0, 0.1) is 5.92 Å². The molecule has 0 bridgehead atoms. The molecular weight excluding hydrogens is 272 g/mol. The molecule has 0 N–H and O–H groups in total. The molecule has 0 spiro atoms. The van der Waals surface area contributed by atoms with Crippen molar-refractivity contribution in [1.82, 2.24) is 0 Å². The van der Waals surface area contributed by atoms with Crippen molar-refractivity contribution in [2.45, 2.75) is 25.6 Å². The third-order valence-corrected chi connectivity index (χ3v) is 4.73. The van der Waals surface area contributed by atoms with E-state index < -0.39 is 0 Å². The fourth-order valence-corrected chi connectivity index (χ4v) is 3.70.